The van der Waals surface area contributed by atoms with Crippen molar-refractivity contribution >= 4 is 5.91 Å². The molecule has 0 atom stereocenters. The summed E-state index contributed by atoms with van der Waals surface area (Å²) in [7, 11) is 0. The normalized spacial score (nSPS) is 10.6. The molecular weight excluding hydrogens is 202 g/mol. The van der Waals surface area contributed by atoms with E-state index in [1.807, 2.05) is 0 Å². The second-order valence-electron chi connectivity index (χ2n) is 2.48. The predicted octanol–water partition coefficient (Wildman–Crippen LogP) is 2.00. The summed E-state index contributed by atoms with van der Waals surface area (Å²) < 4.78 is 50.1. The summed E-state index contributed by atoms with van der Waals surface area (Å²) >= 11 is 0. The van der Waals surface area contributed by atoms with Crippen LogP contribution in [-0.4, -0.2) is 5.91 Å². The van der Waals surface area contributed by atoms with Crippen LogP contribution >= 0.6 is 0 Å². The quantitative estimate of drug-likeness (QED) is 0.740. The topological polar surface area (TPSA) is 43.1 Å². The lowest BCUT2D eigenvalue weighted by molar-refractivity contribution is 0.0977. The summed E-state index contributed by atoms with van der Waals surface area (Å²) in [5.74, 6) is -4.03. The fraction of sp³-hybridized carbons (Fsp3) is 0.125. The Morgan fingerprint density at radius 2 is 1.71 bits per heavy atom. The van der Waals surface area contributed by atoms with Crippen molar-refractivity contribution in [3.63, 3.8) is 0 Å². The van der Waals surface area contributed by atoms with Crippen molar-refractivity contribution in [1.29, 1.82) is 0 Å². The van der Waals surface area contributed by atoms with Crippen LogP contribution in [0.3, 0.4) is 0 Å². The minimum atomic E-state index is -3.28. The molecule has 0 saturated carbocycles. The first-order valence-corrected chi connectivity index (χ1v) is 3.51. The van der Waals surface area contributed by atoms with Crippen LogP contribution in [0.4, 0.5) is 17.6 Å². The Labute approximate surface area is 76.3 Å². The van der Waals surface area contributed by atoms with E-state index in [9.17, 15) is 22.4 Å². The molecule has 6 heteroatoms. The van der Waals surface area contributed by atoms with Gasteiger partial charge in [0.25, 0.3) is 12.3 Å². The molecule has 1 aromatic carbocycles. The summed E-state index contributed by atoms with van der Waals surface area (Å²) in [6.07, 6.45) is -3.28. The van der Waals surface area contributed by atoms with Crippen molar-refractivity contribution in [3.05, 3.63) is 34.9 Å². The number of nitrogens with two attached hydrogens (primary N) is 1. The van der Waals surface area contributed by atoms with Crippen LogP contribution in [-0.2, 0) is 0 Å². The molecule has 0 saturated heterocycles. The van der Waals surface area contributed by atoms with Gasteiger partial charge < -0.3 is 5.73 Å². The fourth-order valence-corrected chi connectivity index (χ4v) is 1.03. The highest BCUT2D eigenvalue weighted by molar-refractivity contribution is 5.94. The van der Waals surface area contributed by atoms with Gasteiger partial charge in [-0.1, -0.05) is 0 Å². The third-order valence-electron chi connectivity index (χ3n) is 1.61. The monoisotopic (exact) mass is 207 g/mol. The van der Waals surface area contributed by atoms with E-state index in [0.717, 1.165) is 0 Å². The molecule has 2 nitrogen and oxygen atoms in total. The summed E-state index contributed by atoms with van der Waals surface area (Å²) in [4.78, 5) is 10.6. The van der Waals surface area contributed by atoms with E-state index in [1.54, 1.807) is 0 Å². The second-order valence-corrected chi connectivity index (χ2v) is 2.48. The van der Waals surface area contributed by atoms with Gasteiger partial charge in [0.1, 0.15) is 11.6 Å². The molecule has 0 radical (unpaired) electrons. The molecule has 0 spiro atoms. The Bertz CT molecular complexity index is 378. The molecule has 0 bridgehead atoms. The van der Waals surface area contributed by atoms with E-state index in [4.69, 9.17) is 0 Å². The summed E-state index contributed by atoms with van der Waals surface area (Å²) in [5.41, 5.74) is 2.25. The van der Waals surface area contributed by atoms with Gasteiger partial charge >= 0.3 is 0 Å². The highest BCUT2D eigenvalue weighted by atomic mass is 19.3. The van der Waals surface area contributed by atoms with E-state index < -0.39 is 35.1 Å². The fourth-order valence-electron chi connectivity index (χ4n) is 1.03. The van der Waals surface area contributed by atoms with Gasteiger partial charge in [-0.2, -0.15) is 0 Å². The Kier molecular flexibility index (Phi) is 2.73. The molecular formula is C8H5F4NO. The summed E-state index contributed by atoms with van der Waals surface area (Å²) in [6.45, 7) is 0. The van der Waals surface area contributed by atoms with Gasteiger partial charge in [0.2, 0.25) is 0 Å². The maximum atomic E-state index is 12.8. The van der Waals surface area contributed by atoms with Gasteiger partial charge in [0.05, 0.1) is 11.1 Å². The number of carbonyl (C=O) groups is 1. The smallest absolute Gasteiger partial charge is 0.267 e. The molecule has 1 aromatic rings. The van der Waals surface area contributed by atoms with Crippen molar-refractivity contribution in [2.45, 2.75) is 6.43 Å². The summed E-state index contributed by atoms with van der Waals surface area (Å²) in [5, 5.41) is 0. The average Bonchev–Trinajstić information content (AvgIpc) is 2.07. The largest absolute Gasteiger partial charge is 0.365 e. The van der Waals surface area contributed by atoms with E-state index in [0.29, 0.717) is 12.1 Å². The number of hydrogen-bond acceptors (Lipinski definition) is 1. The van der Waals surface area contributed by atoms with Gasteiger partial charge in [-0.15, -0.1) is 0 Å². The van der Waals surface area contributed by atoms with Crippen LogP contribution < -0.4 is 5.73 Å². The van der Waals surface area contributed by atoms with Gasteiger partial charge in [0, 0.05) is 0 Å². The number of carbonyl (C=O) groups excluding carboxylic acids is 1. The number of rotatable bonds is 2. The minimum Gasteiger partial charge on any atom is -0.365 e. The zero-order valence-electron chi connectivity index (χ0n) is 6.73. The average molecular weight is 207 g/mol. The zero-order valence-corrected chi connectivity index (χ0v) is 6.73. The number of primary amides is 1. The van der Waals surface area contributed by atoms with Gasteiger partial charge in [-0.25, -0.2) is 17.6 Å². The Balaban J connectivity index is 3.50. The molecule has 0 aliphatic rings. The lowest BCUT2D eigenvalue weighted by atomic mass is 10.1. The first-order chi connectivity index (χ1) is 6.45. The van der Waals surface area contributed by atoms with Gasteiger partial charge in [-0.05, 0) is 12.1 Å². The number of halogens is 4. The Morgan fingerprint density at radius 1 is 1.21 bits per heavy atom. The molecule has 0 fully saturated rings. The molecule has 14 heavy (non-hydrogen) atoms. The van der Waals surface area contributed by atoms with Crippen LogP contribution in [0.1, 0.15) is 22.3 Å². The van der Waals surface area contributed by atoms with Crippen molar-refractivity contribution < 1.29 is 22.4 Å². The molecule has 1 rings (SSSR count). The van der Waals surface area contributed by atoms with Crippen LogP contribution in [0.15, 0.2) is 12.1 Å². The molecule has 0 aliphatic carbocycles. The number of alkyl halides is 2. The van der Waals surface area contributed by atoms with Crippen LogP contribution in [0.5, 0.6) is 0 Å². The minimum absolute atomic E-state index is 0.517. The standard InChI is InChI=1S/C8H5F4NO/c9-3-1-2-4(10)6(8(13)14)5(3)7(11)12/h1-2,7H,(H2,13,14). The third kappa shape index (κ3) is 1.68. The second kappa shape index (κ2) is 3.65. The van der Waals surface area contributed by atoms with E-state index in [-0.39, 0.29) is 0 Å². The Morgan fingerprint density at radius 3 is 2.07 bits per heavy atom. The third-order valence-corrected chi connectivity index (χ3v) is 1.61. The molecule has 0 aliphatic heterocycles. The van der Waals surface area contributed by atoms with E-state index in [2.05, 4.69) is 5.73 Å². The molecule has 76 valence electrons. The SMILES string of the molecule is NC(=O)c1c(F)ccc(F)c1C(F)F. The highest BCUT2D eigenvalue weighted by Crippen LogP contribution is 2.27. The van der Waals surface area contributed by atoms with Gasteiger partial charge in [-0.3, -0.25) is 4.79 Å². The van der Waals surface area contributed by atoms with Crippen molar-refractivity contribution in [2.24, 2.45) is 5.73 Å². The maximum Gasteiger partial charge on any atom is 0.267 e. The lowest BCUT2D eigenvalue weighted by Gasteiger charge is -2.07. The van der Waals surface area contributed by atoms with Crippen molar-refractivity contribution in [3.8, 4) is 0 Å². The molecule has 1 amide bonds. The van der Waals surface area contributed by atoms with Crippen LogP contribution in [0, 0.1) is 11.6 Å². The summed E-state index contributed by atoms with van der Waals surface area (Å²) in [6, 6.07) is 1.09. The predicted molar refractivity (Wildman–Crippen MR) is 39.8 cm³/mol. The van der Waals surface area contributed by atoms with Gasteiger partial charge in [0.15, 0.2) is 0 Å². The molecule has 2 N–H and O–H groups in total. The molecule has 0 heterocycles. The number of amides is 1. The lowest BCUT2D eigenvalue weighted by Crippen LogP contribution is -2.17. The highest BCUT2D eigenvalue weighted by Gasteiger charge is 2.24. The molecule has 0 aromatic heterocycles. The van der Waals surface area contributed by atoms with Crippen molar-refractivity contribution in [2.75, 3.05) is 0 Å². The van der Waals surface area contributed by atoms with Crippen LogP contribution in [0.25, 0.3) is 0 Å². The zero-order chi connectivity index (χ0) is 10.9. The first-order valence-electron chi connectivity index (χ1n) is 3.51. The van der Waals surface area contributed by atoms with Crippen LogP contribution in [0.2, 0.25) is 0 Å². The van der Waals surface area contributed by atoms with Crippen molar-refractivity contribution in [1.82, 2.24) is 0 Å². The first kappa shape index (κ1) is 10.5. The molecule has 0 unspecified atom stereocenters. The van der Waals surface area contributed by atoms with E-state index >= 15 is 0 Å². The Hall–Kier alpha value is -1.59. The number of benzene rings is 1. The number of hydrogen-bond donors (Lipinski definition) is 1. The maximum absolute atomic E-state index is 12.8. The van der Waals surface area contributed by atoms with E-state index in [1.165, 1.54) is 0 Å².